The van der Waals surface area contributed by atoms with Crippen molar-refractivity contribution in [3.8, 4) is 11.8 Å². The molecule has 6 heteroatoms. The predicted molar refractivity (Wildman–Crippen MR) is 97.6 cm³/mol. The third kappa shape index (κ3) is 4.71. The number of amides is 1. The minimum atomic E-state index is -0.143. The number of hydrogen-bond donors (Lipinski definition) is 2. The molecule has 1 aromatic heterocycles. The number of aryl methyl sites for hydroxylation is 1. The van der Waals surface area contributed by atoms with E-state index in [0.717, 1.165) is 11.3 Å². The second kappa shape index (κ2) is 7.99. The molecule has 0 aliphatic heterocycles. The van der Waals surface area contributed by atoms with E-state index in [1.807, 2.05) is 37.3 Å². The van der Waals surface area contributed by atoms with Crippen molar-refractivity contribution >= 4 is 11.6 Å². The van der Waals surface area contributed by atoms with Crippen LogP contribution in [0.4, 0.5) is 5.69 Å². The standard InChI is InChI=1S/C20H18N4O2/c1-14-8-18(24-23-14)11-20(25)22-17-6-3-7-19(10-17)26-13-16-5-2-4-15(9-16)12-21/h2-10H,11,13H2,1H3,(H,22,25)(H,23,24). The SMILES string of the molecule is Cc1cc(CC(=O)Nc2cccc(OCc3cccc(C#N)c3)c2)n[nH]1. The second-order valence-electron chi connectivity index (χ2n) is 5.90. The minimum Gasteiger partial charge on any atom is -0.489 e. The average molecular weight is 346 g/mol. The normalized spacial score (nSPS) is 10.2. The topological polar surface area (TPSA) is 90.8 Å². The molecule has 0 atom stereocenters. The summed E-state index contributed by atoms with van der Waals surface area (Å²) in [5, 5.41) is 18.7. The summed E-state index contributed by atoms with van der Waals surface area (Å²) in [4.78, 5) is 12.1. The van der Waals surface area contributed by atoms with Crippen LogP contribution in [0.15, 0.2) is 54.6 Å². The Bertz CT molecular complexity index is 956. The first-order valence-electron chi connectivity index (χ1n) is 8.15. The van der Waals surface area contributed by atoms with Crippen molar-refractivity contribution in [2.24, 2.45) is 0 Å². The van der Waals surface area contributed by atoms with Gasteiger partial charge in [0.1, 0.15) is 12.4 Å². The highest BCUT2D eigenvalue weighted by molar-refractivity contribution is 5.92. The summed E-state index contributed by atoms with van der Waals surface area (Å²) in [5.41, 5.74) is 3.78. The molecular weight excluding hydrogens is 328 g/mol. The van der Waals surface area contributed by atoms with E-state index in [2.05, 4.69) is 21.6 Å². The molecule has 1 amide bonds. The van der Waals surface area contributed by atoms with Gasteiger partial charge in [0.2, 0.25) is 5.91 Å². The molecule has 0 bridgehead atoms. The molecule has 3 rings (SSSR count). The van der Waals surface area contributed by atoms with Crippen molar-refractivity contribution in [2.45, 2.75) is 20.0 Å². The highest BCUT2D eigenvalue weighted by atomic mass is 16.5. The van der Waals surface area contributed by atoms with Crippen molar-refractivity contribution < 1.29 is 9.53 Å². The molecule has 0 unspecified atom stereocenters. The Morgan fingerprint density at radius 1 is 1.23 bits per heavy atom. The summed E-state index contributed by atoms with van der Waals surface area (Å²) in [5.74, 6) is 0.496. The number of H-pyrrole nitrogens is 1. The molecule has 26 heavy (non-hydrogen) atoms. The highest BCUT2D eigenvalue weighted by Crippen LogP contribution is 2.19. The fourth-order valence-corrected chi connectivity index (χ4v) is 2.50. The van der Waals surface area contributed by atoms with E-state index >= 15 is 0 Å². The fourth-order valence-electron chi connectivity index (χ4n) is 2.50. The molecule has 6 nitrogen and oxygen atoms in total. The molecule has 0 radical (unpaired) electrons. The van der Waals surface area contributed by atoms with Crippen LogP contribution in [-0.4, -0.2) is 16.1 Å². The van der Waals surface area contributed by atoms with Gasteiger partial charge in [-0.05, 0) is 42.8 Å². The summed E-state index contributed by atoms with van der Waals surface area (Å²) in [6.45, 7) is 2.24. The van der Waals surface area contributed by atoms with Crippen molar-refractivity contribution in [3.05, 3.63) is 77.1 Å². The number of anilines is 1. The van der Waals surface area contributed by atoms with Crippen LogP contribution < -0.4 is 10.1 Å². The van der Waals surface area contributed by atoms with Crippen LogP contribution in [0, 0.1) is 18.3 Å². The number of carbonyl (C=O) groups excluding carboxylic acids is 1. The van der Waals surface area contributed by atoms with Crippen LogP contribution in [0.3, 0.4) is 0 Å². The Labute approximate surface area is 151 Å². The van der Waals surface area contributed by atoms with E-state index in [-0.39, 0.29) is 12.3 Å². The predicted octanol–water partition coefficient (Wildman–Crippen LogP) is 3.35. The largest absolute Gasteiger partial charge is 0.489 e. The van der Waals surface area contributed by atoms with Crippen molar-refractivity contribution in [3.63, 3.8) is 0 Å². The number of hydrogen-bond acceptors (Lipinski definition) is 4. The van der Waals surface area contributed by atoms with Crippen molar-refractivity contribution in [1.29, 1.82) is 5.26 Å². The van der Waals surface area contributed by atoms with E-state index in [0.29, 0.717) is 29.3 Å². The van der Waals surface area contributed by atoms with E-state index in [1.165, 1.54) is 0 Å². The summed E-state index contributed by atoms with van der Waals surface area (Å²) in [6, 6.07) is 18.4. The first-order valence-corrected chi connectivity index (χ1v) is 8.15. The summed E-state index contributed by atoms with van der Waals surface area (Å²) < 4.78 is 5.76. The van der Waals surface area contributed by atoms with Gasteiger partial charge in [-0.15, -0.1) is 0 Å². The van der Waals surface area contributed by atoms with Gasteiger partial charge in [-0.3, -0.25) is 9.89 Å². The molecule has 0 spiro atoms. The molecule has 0 aliphatic carbocycles. The second-order valence-corrected chi connectivity index (χ2v) is 5.90. The zero-order valence-electron chi connectivity index (χ0n) is 14.3. The Morgan fingerprint density at radius 3 is 2.85 bits per heavy atom. The third-order valence-electron chi connectivity index (χ3n) is 3.68. The number of nitrogens with zero attached hydrogens (tertiary/aromatic N) is 2. The van der Waals surface area contributed by atoms with Gasteiger partial charge in [-0.25, -0.2) is 0 Å². The number of ether oxygens (including phenoxy) is 1. The number of aromatic amines is 1. The first kappa shape index (κ1) is 17.2. The Hall–Kier alpha value is -3.59. The van der Waals surface area contributed by atoms with Crippen LogP contribution >= 0.6 is 0 Å². The molecule has 0 saturated heterocycles. The van der Waals surface area contributed by atoms with Crippen molar-refractivity contribution in [2.75, 3.05) is 5.32 Å². The summed E-state index contributed by atoms with van der Waals surface area (Å²) in [7, 11) is 0. The Kier molecular flexibility index (Phi) is 5.30. The molecule has 2 N–H and O–H groups in total. The lowest BCUT2D eigenvalue weighted by atomic mass is 10.1. The first-order chi connectivity index (χ1) is 12.6. The molecule has 130 valence electrons. The number of rotatable bonds is 6. The maximum atomic E-state index is 12.1. The smallest absolute Gasteiger partial charge is 0.230 e. The van der Waals surface area contributed by atoms with E-state index in [4.69, 9.17) is 10.00 Å². The summed E-state index contributed by atoms with van der Waals surface area (Å²) >= 11 is 0. The van der Waals surface area contributed by atoms with Crippen LogP contribution in [0.2, 0.25) is 0 Å². The van der Waals surface area contributed by atoms with Gasteiger partial charge >= 0.3 is 0 Å². The van der Waals surface area contributed by atoms with Gasteiger partial charge in [0, 0.05) is 17.4 Å². The number of benzene rings is 2. The zero-order chi connectivity index (χ0) is 18.4. The molecular formula is C20H18N4O2. The quantitative estimate of drug-likeness (QED) is 0.716. The highest BCUT2D eigenvalue weighted by Gasteiger charge is 2.07. The van der Waals surface area contributed by atoms with Crippen LogP contribution in [0.25, 0.3) is 0 Å². The van der Waals surface area contributed by atoms with Gasteiger partial charge in [0.25, 0.3) is 0 Å². The fraction of sp³-hybridized carbons (Fsp3) is 0.150. The maximum absolute atomic E-state index is 12.1. The molecule has 0 fully saturated rings. The molecule has 3 aromatic rings. The number of aromatic nitrogens is 2. The van der Waals surface area contributed by atoms with Gasteiger partial charge in [0.15, 0.2) is 0 Å². The lowest BCUT2D eigenvalue weighted by Gasteiger charge is -2.09. The molecule has 2 aromatic carbocycles. The van der Waals surface area contributed by atoms with Gasteiger partial charge < -0.3 is 10.1 Å². The minimum absolute atomic E-state index is 0.143. The molecule has 0 saturated carbocycles. The number of carbonyl (C=O) groups is 1. The average Bonchev–Trinajstić information content (AvgIpc) is 3.05. The number of nitriles is 1. The zero-order valence-corrected chi connectivity index (χ0v) is 14.3. The Morgan fingerprint density at radius 2 is 2.08 bits per heavy atom. The lowest BCUT2D eigenvalue weighted by Crippen LogP contribution is -2.14. The van der Waals surface area contributed by atoms with E-state index < -0.39 is 0 Å². The van der Waals surface area contributed by atoms with Crippen LogP contribution in [0.5, 0.6) is 5.75 Å². The van der Waals surface area contributed by atoms with E-state index in [1.54, 1.807) is 24.3 Å². The monoisotopic (exact) mass is 346 g/mol. The molecule has 0 aliphatic rings. The van der Waals surface area contributed by atoms with E-state index in [9.17, 15) is 4.79 Å². The third-order valence-corrected chi connectivity index (χ3v) is 3.68. The van der Waals surface area contributed by atoms with Gasteiger partial charge in [-0.2, -0.15) is 10.4 Å². The lowest BCUT2D eigenvalue weighted by molar-refractivity contribution is -0.115. The van der Waals surface area contributed by atoms with Gasteiger partial charge in [-0.1, -0.05) is 18.2 Å². The van der Waals surface area contributed by atoms with Crippen molar-refractivity contribution in [1.82, 2.24) is 10.2 Å². The van der Waals surface area contributed by atoms with Crippen LogP contribution in [-0.2, 0) is 17.8 Å². The molecule has 1 heterocycles. The Balaban J connectivity index is 1.59. The van der Waals surface area contributed by atoms with Gasteiger partial charge in [0.05, 0.1) is 23.7 Å². The summed E-state index contributed by atoms with van der Waals surface area (Å²) in [6.07, 6.45) is 0.205. The van der Waals surface area contributed by atoms with Crippen LogP contribution in [0.1, 0.15) is 22.5 Å². The maximum Gasteiger partial charge on any atom is 0.230 e. The number of nitrogens with one attached hydrogen (secondary N) is 2.